The summed E-state index contributed by atoms with van der Waals surface area (Å²) in [6, 6.07) is 54.1. The Balaban J connectivity index is 1.01. The normalized spacial score (nSPS) is 23.3. The monoisotopic (exact) mass is 847 g/mol. The van der Waals surface area contributed by atoms with Crippen molar-refractivity contribution in [2.45, 2.75) is 109 Å². The number of benzene rings is 7. The van der Waals surface area contributed by atoms with Gasteiger partial charge >= 0.3 is 0 Å². The number of furan rings is 1. The van der Waals surface area contributed by atoms with Crippen molar-refractivity contribution < 1.29 is 4.42 Å². The Bertz CT molecular complexity index is 3230. The molecule has 4 saturated carbocycles. The second-order valence-corrected chi connectivity index (χ2v) is 23.4. The van der Waals surface area contributed by atoms with Crippen molar-refractivity contribution in [2.75, 3.05) is 4.90 Å². The number of fused-ring (bicyclic) bond motifs is 9. The fourth-order valence-corrected chi connectivity index (χ4v) is 14.4. The van der Waals surface area contributed by atoms with Crippen molar-refractivity contribution in [2.24, 2.45) is 23.7 Å². The molecule has 2 nitrogen and oxygen atoms in total. The smallest absolute Gasteiger partial charge is 0.143 e. The summed E-state index contributed by atoms with van der Waals surface area (Å²) in [7, 11) is 0. The minimum Gasteiger partial charge on any atom is -0.455 e. The van der Waals surface area contributed by atoms with Crippen molar-refractivity contribution in [1.29, 1.82) is 0 Å². The Labute approximate surface area is 385 Å². The van der Waals surface area contributed by atoms with Crippen molar-refractivity contribution in [3.8, 4) is 33.4 Å². The van der Waals surface area contributed by atoms with Crippen LogP contribution in [-0.4, -0.2) is 0 Å². The van der Waals surface area contributed by atoms with Crippen molar-refractivity contribution in [3.63, 3.8) is 0 Å². The molecule has 1 heterocycles. The Morgan fingerprint density at radius 3 is 1.63 bits per heavy atom. The van der Waals surface area contributed by atoms with Crippen LogP contribution in [0.1, 0.15) is 121 Å². The van der Waals surface area contributed by atoms with Gasteiger partial charge in [0, 0.05) is 50.3 Å². The summed E-state index contributed by atoms with van der Waals surface area (Å²) in [5.41, 5.74) is 22.0. The topological polar surface area (TPSA) is 16.4 Å². The van der Waals surface area contributed by atoms with Crippen LogP contribution in [-0.2, 0) is 21.7 Å². The van der Waals surface area contributed by atoms with Gasteiger partial charge in [0.1, 0.15) is 11.2 Å². The quantitative estimate of drug-likeness (QED) is 0.175. The second-order valence-electron chi connectivity index (χ2n) is 23.4. The van der Waals surface area contributed by atoms with Crippen LogP contribution >= 0.6 is 0 Å². The van der Waals surface area contributed by atoms with Crippen molar-refractivity contribution in [1.82, 2.24) is 0 Å². The predicted octanol–water partition coefficient (Wildman–Crippen LogP) is 17.3. The minimum absolute atomic E-state index is 0.0157. The van der Waals surface area contributed by atoms with Crippen LogP contribution in [0.4, 0.5) is 17.1 Å². The lowest BCUT2D eigenvalue weighted by Crippen LogP contribution is -2.55. The predicted molar refractivity (Wildman–Crippen MR) is 272 cm³/mol. The van der Waals surface area contributed by atoms with Gasteiger partial charge in [0.2, 0.25) is 0 Å². The highest BCUT2D eigenvalue weighted by Crippen LogP contribution is 2.69. The molecule has 2 heteroatoms. The molecule has 6 aliphatic rings. The number of para-hydroxylation sites is 1. The highest BCUT2D eigenvalue weighted by atomic mass is 16.3. The van der Waals surface area contributed by atoms with Gasteiger partial charge in [0.05, 0.1) is 0 Å². The first-order chi connectivity index (χ1) is 31.2. The largest absolute Gasteiger partial charge is 0.455 e. The second kappa shape index (κ2) is 13.4. The molecule has 65 heavy (non-hydrogen) atoms. The average molecular weight is 848 g/mol. The van der Waals surface area contributed by atoms with Gasteiger partial charge in [-0.2, -0.15) is 0 Å². The highest BCUT2D eigenvalue weighted by Gasteiger charge is 2.61. The summed E-state index contributed by atoms with van der Waals surface area (Å²) in [6.07, 6.45) is 6.95. The van der Waals surface area contributed by atoms with Gasteiger partial charge < -0.3 is 9.32 Å². The molecule has 324 valence electrons. The van der Waals surface area contributed by atoms with E-state index in [2.05, 4.69) is 200 Å². The maximum atomic E-state index is 7.15. The van der Waals surface area contributed by atoms with Crippen LogP contribution in [0.5, 0.6) is 0 Å². The summed E-state index contributed by atoms with van der Waals surface area (Å²) < 4.78 is 7.15. The molecule has 0 unspecified atom stereocenters. The van der Waals surface area contributed by atoms with Crippen LogP contribution in [0.25, 0.3) is 55.3 Å². The summed E-state index contributed by atoms with van der Waals surface area (Å²) in [6.45, 7) is 18.7. The van der Waals surface area contributed by atoms with Gasteiger partial charge in [0.25, 0.3) is 0 Å². The van der Waals surface area contributed by atoms with Gasteiger partial charge in [-0.25, -0.2) is 0 Å². The van der Waals surface area contributed by atoms with E-state index in [0.717, 1.165) is 45.0 Å². The first kappa shape index (κ1) is 39.5. The molecule has 6 aliphatic carbocycles. The maximum Gasteiger partial charge on any atom is 0.143 e. The zero-order valence-corrected chi connectivity index (χ0v) is 39.5. The molecule has 0 N–H and O–H groups in total. The van der Waals surface area contributed by atoms with E-state index in [1.807, 2.05) is 0 Å². The van der Waals surface area contributed by atoms with Gasteiger partial charge in [-0.05, 0) is 164 Å². The molecular weight excluding hydrogens is 787 g/mol. The number of nitrogens with zero attached hydrogens (tertiary/aromatic N) is 1. The van der Waals surface area contributed by atoms with Crippen LogP contribution in [0.2, 0.25) is 0 Å². The Morgan fingerprint density at radius 2 is 0.985 bits per heavy atom. The third kappa shape index (κ3) is 5.58. The molecule has 0 aliphatic heterocycles. The van der Waals surface area contributed by atoms with Crippen LogP contribution in [0, 0.1) is 23.7 Å². The van der Waals surface area contributed by atoms with Crippen LogP contribution in [0.15, 0.2) is 144 Å². The van der Waals surface area contributed by atoms with Gasteiger partial charge in [-0.3, -0.25) is 0 Å². The van der Waals surface area contributed by atoms with E-state index in [0.29, 0.717) is 11.8 Å². The standard InChI is InChI=1S/C63H61NO/c1-60(2,3)40-31-39(32-41(33-40)61(4,5)6)47-16-13-17-53-52-25-22-46(36-58(52)65-59(47)53)64(44-20-23-50-48-14-9-11-18-54(48)62(7,8)56(50)34-44)45-21-24-51-49-15-10-12-19-55(49)63(57(51)35-45)42-27-37-26-38(29-42)30-43(63)28-37/h9-25,31-38,42-43H,26-30H2,1-8H3. The SMILES string of the molecule is CC(C)(C)c1cc(-c2cccc3c2oc2cc(N(c4ccc5c(c4)C(C)(C)c4ccccc4-5)c4ccc5c(c4)C4(c6ccccc6-5)C5CC6CC(C5)CC4C6)ccc23)cc(C(C)(C)C)c1. The van der Waals surface area contributed by atoms with Gasteiger partial charge in [-0.15, -0.1) is 0 Å². The molecule has 1 aromatic heterocycles. The molecule has 4 bridgehead atoms. The molecule has 7 aromatic carbocycles. The third-order valence-corrected chi connectivity index (χ3v) is 17.3. The van der Waals surface area contributed by atoms with Crippen LogP contribution < -0.4 is 4.90 Å². The number of anilines is 3. The molecule has 4 fully saturated rings. The number of hydrogen-bond acceptors (Lipinski definition) is 2. The molecule has 0 atom stereocenters. The maximum absolute atomic E-state index is 7.15. The van der Waals surface area contributed by atoms with E-state index >= 15 is 0 Å². The van der Waals surface area contributed by atoms with E-state index in [9.17, 15) is 0 Å². The summed E-state index contributed by atoms with van der Waals surface area (Å²) >= 11 is 0. The zero-order chi connectivity index (χ0) is 44.4. The lowest BCUT2D eigenvalue weighted by atomic mass is 9.43. The van der Waals surface area contributed by atoms with E-state index < -0.39 is 0 Å². The number of rotatable bonds is 4. The average Bonchev–Trinajstić information content (AvgIpc) is 3.88. The lowest BCUT2D eigenvalue weighted by molar-refractivity contribution is -0.0399. The first-order valence-electron chi connectivity index (χ1n) is 24.6. The molecule has 0 amide bonds. The molecule has 0 saturated heterocycles. The Hall–Kier alpha value is -5.86. The summed E-state index contributed by atoms with van der Waals surface area (Å²) in [5.74, 6) is 3.21. The highest BCUT2D eigenvalue weighted by molar-refractivity contribution is 6.10. The summed E-state index contributed by atoms with van der Waals surface area (Å²) in [5, 5.41) is 2.31. The van der Waals surface area contributed by atoms with Crippen molar-refractivity contribution >= 4 is 39.0 Å². The summed E-state index contributed by atoms with van der Waals surface area (Å²) in [4.78, 5) is 2.54. The molecular formula is C63H61NO. The third-order valence-electron chi connectivity index (χ3n) is 17.3. The molecule has 14 rings (SSSR count). The Kier molecular flexibility index (Phi) is 8.13. The fourth-order valence-electron chi connectivity index (χ4n) is 14.4. The van der Waals surface area contributed by atoms with Gasteiger partial charge in [0.15, 0.2) is 0 Å². The van der Waals surface area contributed by atoms with Crippen LogP contribution in [0.3, 0.4) is 0 Å². The van der Waals surface area contributed by atoms with E-state index in [1.165, 1.54) is 93.5 Å². The molecule has 0 radical (unpaired) electrons. The van der Waals surface area contributed by atoms with E-state index in [4.69, 9.17) is 4.42 Å². The van der Waals surface area contributed by atoms with Crippen molar-refractivity contribution in [3.05, 3.63) is 173 Å². The Morgan fingerprint density at radius 1 is 0.462 bits per heavy atom. The van der Waals surface area contributed by atoms with E-state index in [-0.39, 0.29) is 21.7 Å². The first-order valence-corrected chi connectivity index (χ1v) is 24.6. The fraction of sp³-hybridized carbons (Fsp3) is 0.333. The van der Waals surface area contributed by atoms with E-state index in [1.54, 1.807) is 11.1 Å². The molecule has 8 aromatic rings. The lowest BCUT2D eigenvalue weighted by Gasteiger charge is -2.61. The zero-order valence-electron chi connectivity index (χ0n) is 39.5. The number of hydrogen-bond donors (Lipinski definition) is 0. The molecule has 1 spiro atoms. The van der Waals surface area contributed by atoms with Gasteiger partial charge in [-0.1, -0.05) is 152 Å². The minimum atomic E-state index is -0.117.